The molecule has 0 aromatic carbocycles. The second kappa shape index (κ2) is 3.67. The van der Waals surface area contributed by atoms with E-state index in [-0.39, 0.29) is 11.7 Å². The summed E-state index contributed by atoms with van der Waals surface area (Å²) in [5.41, 5.74) is 0. The van der Waals surface area contributed by atoms with E-state index in [4.69, 9.17) is 0 Å². The molecule has 0 aliphatic heterocycles. The number of hydrogen-bond donors (Lipinski definition) is 0. The van der Waals surface area contributed by atoms with Crippen molar-refractivity contribution in [3.05, 3.63) is 11.5 Å². The minimum Gasteiger partial charge on any atom is -0.295 e. The Morgan fingerprint density at radius 3 is 2.09 bits per heavy atom. The van der Waals surface area contributed by atoms with E-state index < -0.39 is 9.84 Å². The van der Waals surface area contributed by atoms with Gasteiger partial charge in [0.2, 0.25) is 0 Å². The van der Waals surface area contributed by atoms with Crippen LogP contribution in [-0.2, 0) is 14.6 Å². The lowest BCUT2D eigenvalue weighted by Crippen LogP contribution is -2.03. The van der Waals surface area contributed by atoms with Crippen LogP contribution in [0.4, 0.5) is 0 Å². The van der Waals surface area contributed by atoms with Gasteiger partial charge >= 0.3 is 0 Å². The first-order chi connectivity index (χ1) is 4.83. The maximum atomic E-state index is 10.8. The highest BCUT2D eigenvalue weighted by Crippen LogP contribution is 1.96. The Morgan fingerprint density at radius 2 is 1.82 bits per heavy atom. The molecule has 0 heterocycles. The van der Waals surface area contributed by atoms with Gasteiger partial charge in [0, 0.05) is 17.6 Å². The van der Waals surface area contributed by atoms with Crippen molar-refractivity contribution in [3.8, 4) is 0 Å². The molecular weight excluding hydrogens is 164 g/mol. The number of sulfone groups is 1. The summed E-state index contributed by atoms with van der Waals surface area (Å²) < 4.78 is 21.0. The van der Waals surface area contributed by atoms with Crippen LogP contribution >= 0.6 is 0 Å². The van der Waals surface area contributed by atoms with Crippen molar-refractivity contribution in [2.45, 2.75) is 13.8 Å². The van der Waals surface area contributed by atoms with Gasteiger partial charge in [-0.05, 0) is 6.08 Å². The number of ketones is 1. The number of hydrogen-bond acceptors (Lipinski definition) is 3. The van der Waals surface area contributed by atoms with Gasteiger partial charge in [-0.25, -0.2) is 8.42 Å². The number of carbonyl (C=O) groups is 1. The largest absolute Gasteiger partial charge is 0.295 e. The molecule has 0 atom stereocenters. The zero-order valence-corrected chi connectivity index (χ0v) is 7.68. The average molecular weight is 176 g/mol. The van der Waals surface area contributed by atoms with Gasteiger partial charge in [0.25, 0.3) is 0 Å². The Bertz CT molecular complexity index is 259. The molecule has 0 bridgehead atoms. The smallest absolute Gasteiger partial charge is 0.168 e. The summed E-state index contributed by atoms with van der Waals surface area (Å²) in [6.45, 7) is 3.43. The minimum absolute atomic E-state index is 0.145. The number of allylic oxidation sites excluding steroid dienone is 1. The highest BCUT2D eigenvalue weighted by molar-refractivity contribution is 7.93. The molecule has 0 aliphatic carbocycles. The van der Waals surface area contributed by atoms with E-state index in [1.165, 1.54) is 0 Å². The molecule has 0 aromatic rings. The van der Waals surface area contributed by atoms with Gasteiger partial charge in [-0.2, -0.15) is 0 Å². The van der Waals surface area contributed by atoms with E-state index in [9.17, 15) is 13.2 Å². The third-order valence-electron chi connectivity index (χ3n) is 1.05. The summed E-state index contributed by atoms with van der Waals surface area (Å²) in [5.74, 6) is -0.316. The second-order valence-corrected chi connectivity index (χ2v) is 4.62. The first kappa shape index (κ1) is 10.4. The molecule has 0 saturated heterocycles. The number of rotatable bonds is 3. The summed E-state index contributed by atoms with van der Waals surface area (Å²) in [6, 6.07) is 0. The summed E-state index contributed by atoms with van der Waals surface area (Å²) in [5, 5.41) is 0.926. The van der Waals surface area contributed by atoms with Crippen LogP contribution in [-0.4, -0.2) is 20.5 Å². The third kappa shape index (κ3) is 5.79. The molecule has 64 valence electrons. The van der Waals surface area contributed by atoms with E-state index in [0.29, 0.717) is 0 Å². The van der Waals surface area contributed by atoms with Crippen LogP contribution in [0.1, 0.15) is 13.8 Å². The van der Waals surface area contributed by atoms with Gasteiger partial charge in [0.15, 0.2) is 15.6 Å². The maximum absolute atomic E-state index is 10.8. The quantitative estimate of drug-likeness (QED) is 0.597. The summed E-state index contributed by atoms with van der Waals surface area (Å²) in [4.78, 5) is 10.8. The van der Waals surface area contributed by atoms with Crippen LogP contribution in [0.25, 0.3) is 0 Å². The Kier molecular flexibility index (Phi) is 3.45. The van der Waals surface area contributed by atoms with Crippen molar-refractivity contribution in [3.63, 3.8) is 0 Å². The molecule has 0 rings (SSSR count). The third-order valence-corrected chi connectivity index (χ3v) is 1.68. The fourth-order valence-corrected chi connectivity index (χ4v) is 0.764. The lowest BCUT2D eigenvalue weighted by Gasteiger charge is -1.94. The predicted molar refractivity (Wildman–Crippen MR) is 43.8 cm³/mol. The van der Waals surface area contributed by atoms with Crippen molar-refractivity contribution in [1.82, 2.24) is 0 Å². The van der Waals surface area contributed by atoms with Gasteiger partial charge in [-0.1, -0.05) is 13.8 Å². The predicted octanol–water partition coefficient (Wildman–Crippen LogP) is 0.770. The zero-order valence-electron chi connectivity index (χ0n) is 6.87. The lowest BCUT2D eigenvalue weighted by molar-refractivity contribution is -0.117. The van der Waals surface area contributed by atoms with Gasteiger partial charge < -0.3 is 0 Å². The summed E-state index contributed by atoms with van der Waals surface area (Å²) in [6.07, 6.45) is 2.15. The molecule has 0 amide bonds. The van der Waals surface area contributed by atoms with Gasteiger partial charge in [0.05, 0.1) is 0 Å². The first-order valence-corrected chi connectivity index (χ1v) is 5.20. The Hall–Kier alpha value is -0.640. The van der Waals surface area contributed by atoms with Crippen LogP contribution in [0, 0.1) is 5.92 Å². The van der Waals surface area contributed by atoms with Crippen LogP contribution in [0.3, 0.4) is 0 Å². The standard InChI is InChI=1S/C7H12O3S/c1-6(2)7(8)4-5-11(3,9)10/h4-6H,1-3H3/b5-4+. The molecule has 0 unspecified atom stereocenters. The van der Waals surface area contributed by atoms with E-state index in [1.54, 1.807) is 13.8 Å². The topological polar surface area (TPSA) is 51.2 Å². The Balaban J connectivity index is 4.28. The van der Waals surface area contributed by atoms with Crippen LogP contribution in [0.15, 0.2) is 11.5 Å². The summed E-state index contributed by atoms with van der Waals surface area (Å²) >= 11 is 0. The Labute approximate surface area is 67.0 Å². The van der Waals surface area contributed by atoms with E-state index in [0.717, 1.165) is 17.7 Å². The average Bonchev–Trinajstić information content (AvgIpc) is 1.80. The zero-order chi connectivity index (χ0) is 9.07. The van der Waals surface area contributed by atoms with Gasteiger partial charge in [-0.3, -0.25) is 4.79 Å². The maximum Gasteiger partial charge on any atom is 0.168 e. The first-order valence-electron chi connectivity index (χ1n) is 3.25. The molecule has 0 fully saturated rings. The molecular formula is C7H12O3S. The van der Waals surface area contributed by atoms with E-state index in [1.807, 2.05) is 0 Å². The van der Waals surface area contributed by atoms with Crippen LogP contribution in [0.2, 0.25) is 0 Å². The Morgan fingerprint density at radius 1 is 1.36 bits per heavy atom. The van der Waals surface area contributed by atoms with E-state index >= 15 is 0 Å². The highest BCUT2D eigenvalue weighted by Gasteiger charge is 2.03. The van der Waals surface area contributed by atoms with Crippen molar-refractivity contribution >= 4 is 15.6 Å². The van der Waals surface area contributed by atoms with Crippen molar-refractivity contribution in [2.75, 3.05) is 6.26 Å². The molecule has 0 spiro atoms. The molecule has 4 heteroatoms. The van der Waals surface area contributed by atoms with Gasteiger partial charge in [0.1, 0.15) is 0 Å². The van der Waals surface area contributed by atoms with Gasteiger partial charge in [-0.15, -0.1) is 0 Å². The van der Waals surface area contributed by atoms with Crippen molar-refractivity contribution in [2.24, 2.45) is 5.92 Å². The van der Waals surface area contributed by atoms with Crippen LogP contribution in [0.5, 0.6) is 0 Å². The fourth-order valence-electron chi connectivity index (χ4n) is 0.383. The fraction of sp³-hybridized carbons (Fsp3) is 0.571. The molecule has 0 aliphatic rings. The summed E-state index contributed by atoms with van der Waals surface area (Å²) in [7, 11) is -3.15. The SMILES string of the molecule is CC(C)C(=O)/C=C/S(C)(=O)=O. The number of carbonyl (C=O) groups excluding carboxylic acids is 1. The van der Waals surface area contributed by atoms with E-state index in [2.05, 4.69) is 0 Å². The monoisotopic (exact) mass is 176 g/mol. The van der Waals surface area contributed by atoms with Crippen molar-refractivity contribution in [1.29, 1.82) is 0 Å². The normalized spacial score (nSPS) is 12.7. The molecule has 11 heavy (non-hydrogen) atoms. The second-order valence-electron chi connectivity index (χ2n) is 2.69. The molecule has 0 saturated carbocycles. The van der Waals surface area contributed by atoms with Crippen LogP contribution < -0.4 is 0 Å². The minimum atomic E-state index is -3.15. The lowest BCUT2D eigenvalue weighted by atomic mass is 10.1. The molecule has 0 radical (unpaired) electrons. The van der Waals surface area contributed by atoms with Crippen molar-refractivity contribution < 1.29 is 13.2 Å². The molecule has 0 N–H and O–H groups in total. The molecule has 0 aromatic heterocycles. The molecule has 3 nitrogen and oxygen atoms in total. The highest BCUT2D eigenvalue weighted by atomic mass is 32.2.